The molecule has 0 saturated heterocycles. The number of benzene rings is 8. The molecule has 3 aromatic heterocycles. The van der Waals surface area contributed by atoms with Gasteiger partial charge in [-0.1, -0.05) is 152 Å². The van der Waals surface area contributed by atoms with E-state index in [2.05, 4.69) is 24.3 Å². The van der Waals surface area contributed by atoms with E-state index in [1.54, 1.807) is 11.3 Å². The van der Waals surface area contributed by atoms with Crippen molar-refractivity contribution in [1.82, 2.24) is 19.5 Å². The second kappa shape index (κ2) is 13.3. The third-order valence-electron chi connectivity index (χ3n) is 10.1. The van der Waals surface area contributed by atoms with Gasteiger partial charge >= 0.3 is 0 Å². The van der Waals surface area contributed by atoms with Crippen molar-refractivity contribution in [3.63, 3.8) is 0 Å². The van der Waals surface area contributed by atoms with Crippen LogP contribution in [0.25, 0.3) is 104 Å². The summed E-state index contributed by atoms with van der Waals surface area (Å²) in [7, 11) is 0. The molecule has 0 spiro atoms. The van der Waals surface area contributed by atoms with Gasteiger partial charge in [-0.15, -0.1) is 11.3 Å². The average molecular weight is 741 g/mol. The fraction of sp³-hybridized carbons (Fsp3) is 0. The Bertz CT molecular complexity index is 3640. The molecule has 11 rings (SSSR count). The summed E-state index contributed by atoms with van der Waals surface area (Å²) in [6.45, 7) is 0. The zero-order chi connectivity index (χ0) is 44.0. The lowest BCUT2D eigenvalue weighted by atomic mass is 9.96. The summed E-state index contributed by atoms with van der Waals surface area (Å²) in [5.41, 5.74) is 5.99. The third-order valence-corrected chi connectivity index (χ3v) is 11.3. The van der Waals surface area contributed by atoms with E-state index in [1.165, 1.54) is 4.57 Å². The van der Waals surface area contributed by atoms with Crippen molar-refractivity contribution in [2.75, 3.05) is 0 Å². The van der Waals surface area contributed by atoms with E-state index in [-0.39, 0.29) is 27.6 Å². The van der Waals surface area contributed by atoms with Gasteiger partial charge in [0.1, 0.15) is 0 Å². The van der Waals surface area contributed by atoms with Gasteiger partial charge in [0.25, 0.3) is 0 Å². The smallest absolute Gasteiger partial charge is 0.166 e. The molecule has 3 heterocycles. The summed E-state index contributed by atoms with van der Waals surface area (Å²) in [6, 6.07) is 44.1. The summed E-state index contributed by atoms with van der Waals surface area (Å²) in [5, 5.41) is 2.14. The Labute approximate surface area is 338 Å². The summed E-state index contributed by atoms with van der Waals surface area (Å²) in [5.74, 6) is 1.01. The highest BCUT2D eigenvalue weighted by Crippen LogP contribution is 2.43. The first-order valence-corrected chi connectivity index (χ1v) is 18.9. The number of aromatic nitrogens is 4. The second-order valence-corrected chi connectivity index (χ2v) is 14.5. The first-order valence-electron chi connectivity index (χ1n) is 22.1. The van der Waals surface area contributed by atoms with E-state index in [0.29, 0.717) is 22.9 Å². The Hall–Kier alpha value is -7.21. The number of para-hydroxylation sites is 2. The SMILES string of the molecule is [2H]c1c([2H])c([2H])c2c(c1[2H])c1c([2H])c([2H])c([2H])c([2H])c1n2-c1ccc(-c2cccc3sc4ccccc4c23)cc1-c1nc(-c2ccccc2)nc(-c2cccc(-c3ccccc3)c2)n1. The van der Waals surface area contributed by atoms with E-state index in [1.807, 2.05) is 121 Å². The van der Waals surface area contributed by atoms with Crippen LogP contribution in [0.3, 0.4) is 0 Å². The molecular weight excluding hydrogens is 701 g/mol. The molecule has 0 fully saturated rings. The van der Waals surface area contributed by atoms with Crippen molar-refractivity contribution in [3.05, 3.63) is 194 Å². The molecule has 5 heteroatoms. The van der Waals surface area contributed by atoms with Crippen molar-refractivity contribution in [2.45, 2.75) is 0 Å². The van der Waals surface area contributed by atoms with Crippen LogP contribution in [0.15, 0.2) is 194 Å². The fourth-order valence-corrected chi connectivity index (χ4v) is 8.70. The molecule has 0 radical (unpaired) electrons. The van der Waals surface area contributed by atoms with Crippen LogP contribution in [0.1, 0.15) is 11.0 Å². The van der Waals surface area contributed by atoms with Crippen LogP contribution < -0.4 is 0 Å². The van der Waals surface area contributed by atoms with Crippen molar-refractivity contribution >= 4 is 53.3 Å². The molecule has 0 saturated carbocycles. The first kappa shape index (κ1) is 25.0. The van der Waals surface area contributed by atoms with Crippen molar-refractivity contribution in [2.24, 2.45) is 0 Å². The van der Waals surface area contributed by atoms with Gasteiger partial charge in [0.2, 0.25) is 0 Å². The minimum absolute atomic E-state index is 0.000977. The Morgan fingerprint density at radius 1 is 0.411 bits per heavy atom. The van der Waals surface area contributed by atoms with Gasteiger partial charge in [-0.05, 0) is 64.7 Å². The van der Waals surface area contributed by atoms with Crippen LogP contribution >= 0.6 is 11.3 Å². The summed E-state index contributed by atoms with van der Waals surface area (Å²) in [6.07, 6.45) is 0. The minimum Gasteiger partial charge on any atom is -0.309 e. The van der Waals surface area contributed by atoms with E-state index in [9.17, 15) is 2.74 Å². The topological polar surface area (TPSA) is 43.6 Å². The highest BCUT2D eigenvalue weighted by Gasteiger charge is 2.21. The average Bonchev–Trinajstić information content (AvgIpc) is 3.91. The van der Waals surface area contributed by atoms with Crippen LogP contribution in [0.5, 0.6) is 0 Å². The van der Waals surface area contributed by atoms with E-state index in [0.717, 1.165) is 53.6 Å². The molecule has 0 atom stereocenters. The van der Waals surface area contributed by atoms with Gasteiger partial charge < -0.3 is 4.57 Å². The molecule has 262 valence electrons. The van der Waals surface area contributed by atoms with Crippen LogP contribution in [0.2, 0.25) is 0 Å². The lowest BCUT2D eigenvalue weighted by Gasteiger charge is -2.17. The quantitative estimate of drug-likeness (QED) is 0.170. The van der Waals surface area contributed by atoms with Crippen LogP contribution in [0.4, 0.5) is 0 Å². The van der Waals surface area contributed by atoms with E-state index in [4.69, 9.17) is 23.2 Å². The molecule has 0 amide bonds. The zero-order valence-electron chi connectivity index (χ0n) is 37.6. The molecule has 0 N–H and O–H groups in total. The number of fused-ring (bicyclic) bond motifs is 6. The second-order valence-electron chi connectivity index (χ2n) is 13.4. The van der Waals surface area contributed by atoms with Gasteiger partial charge in [0, 0.05) is 47.6 Å². The highest BCUT2D eigenvalue weighted by molar-refractivity contribution is 7.25. The normalized spacial score (nSPS) is 13.6. The molecule has 0 aliphatic rings. The zero-order valence-corrected chi connectivity index (χ0v) is 30.4. The van der Waals surface area contributed by atoms with E-state index >= 15 is 0 Å². The molecule has 0 bridgehead atoms. The predicted molar refractivity (Wildman–Crippen MR) is 234 cm³/mol. The predicted octanol–water partition coefficient (Wildman–Crippen LogP) is 13.7. The van der Waals surface area contributed by atoms with E-state index < -0.39 is 48.3 Å². The lowest BCUT2D eigenvalue weighted by Crippen LogP contribution is -2.04. The lowest BCUT2D eigenvalue weighted by molar-refractivity contribution is 1.06. The van der Waals surface area contributed by atoms with Crippen molar-refractivity contribution in [3.8, 4) is 62.1 Å². The fourth-order valence-electron chi connectivity index (χ4n) is 7.56. The number of thiophene rings is 1. The van der Waals surface area contributed by atoms with Crippen LogP contribution in [-0.2, 0) is 0 Å². The maximum absolute atomic E-state index is 9.31. The minimum atomic E-state index is -0.511. The third kappa shape index (κ3) is 5.40. The van der Waals surface area contributed by atoms with Gasteiger partial charge in [0.05, 0.1) is 27.7 Å². The van der Waals surface area contributed by atoms with Gasteiger partial charge in [-0.25, -0.2) is 15.0 Å². The van der Waals surface area contributed by atoms with Gasteiger partial charge in [-0.3, -0.25) is 0 Å². The molecule has 0 aliphatic heterocycles. The first-order chi connectivity index (χ1) is 31.1. The van der Waals surface area contributed by atoms with Crippen LogP contribution in [0, 0.1) is 0 Å². The molecule has 11 aromatic rings. The molecule has 8 aromatic carbocycles. The Morgan fingerprint density at radius 3 is 1.77 bits per heavy atom. The maximum Gasteiger partial charge on any atom is 0.166 e. The molecule has 0 unspecified atom stereocenters. The number of nitrogens with zero attached hydrogens (tertiary/aromatic N) is 4. The Kier molecular flexibility index (Phi) is 5.92. The van der Waals surface area contributed by atoms with Crippen LogP contribution in [-0.4, -0.2) is 19.5 Å². The number of rotatable bonds is 6. The molecule has 56 heavy (non-hydrogen) atoms. The van der Waals surface area contributed by atoms with Crippen molar-refractivity contribution < 1.29 is 11.0 Å². The number of hydrogen-bond acceptors (Lipinski definition) is 4. The Morgan fingerprint density at radius 2 is 1.00 bits per heavy atom. The number of hydrogen-bond donors (Lipinski definition) is 0. The summed E-state index contributed by atoms with van der Waals surface area (Å²) < 4.78 is 75.5. The maximum atomic E-state index is 9.31. The largest absolute Gasteiger partial charge is 0.309 e. The standard InChI is InChI=1S/C51H32N4S/c1-3-15-33(16-4-1)35-19-13-20-37(31-35)50-52-49(34-17-5-2-6-18-34)53-51(54-50)42-32-36(38-24-14-28-47-48(38)41-23-9-12-27-46(41)56-47)29-30-45(42)55-43-25-10-7-21-39(43)40-22-8-11-26-44(40)55/h1-32H/i7D,8D,10D,11D,21D,22D,25D,26D. The molecule has 0 aliphatic carbocycles. The highest BCUT2D eigenvalue weighted by atomic mass is 32.1. The van der Waals surface area contributed by atoms with Crippen molar-refractivity contribution in [1.29, 1.82) is 0 Å². The van der Waals surface area contributed by atoms with Gasteiger partial charge in [0.15, 0.2) is 17.5 Å². The Balaban J connectivity index is 1.28. The summed E-state index contributed by atoms with van der Waals surface area (Å²) in [4.78, 5) is 15.4. The summed E-state index contributed by atoms with van der Waals surface area (Å²) >= 11 is 1.70. The molecule has 4 nitrogen and oxygen atoms in total. The van der Waals surface area contributed by atoms with Gasteiger partial charge in [-0.2, -0.15) is 0 Å². The molecular formula is C51H32N4S. The monoisotopic (exact) mass is 740 g/mol.